The number of halogens is 1. The predicted molar refractivity (Wildman–Crippen MR) is 69.1 cm³/mol. The summed E-state index contributed by atoms with van der Waals surface area (Å²) >= 11 is 5.72. The standard InChI is InChI=1S/C13H16ClNO3/c14-6-5-13(3-4-13)8-15-12(18)10-2-1-9(16)7-11(10)17/h1-2,7,16-17H,3-6,8H2,(H,15,18). The van der Waals surface area contributed by atoms with Crippen molar-refractivity contribution in [3.8, 4) is 11.5 Å². The minimum absolute atomic E-state index is 0.0650. The normalized spacial score (nSPS) is 16.3. The molecule has 0 saturated heterocycles. The maximum Gasteiger partial charge on any atom is 0.255 e. The van der Waals surface area contributed by atoms with Crippen molar-refractivity contribution >= 4 is 17.5 Å². The van der Waals surface area contributed by atoms with Crippen LogP contribution in [0.3, 0.4) is 0 Å². The van der Waals surface area contributed by atoms with Crippen LogP contribution in [0.5, 0.6) is 11.5 Å². The van der Waals surface area contributed by atoms with Gasteiger partial charge in [-0.1, -0.05) is 0 Å². The molecule has 18 heavy (non-hydrogen) atoms. The molecule has 0 radical (unpaired) electrons. The van der Waals surface area contributed by atoms with Crippen LogP contribution in [0.1, 0.15) is 29.6 Å². The molecule has 0 bridgehead atoms. The van der Waals surface area contributed by atoms with E-state index in [0.29, 0.717) is 12.4 Å². The quantitative estimate of drug-likeness (QED) is 0.718. The number of phenols is 2. The van der Waals surface area contributed by atoms with Crippen molar-refractivity contribution in [3.63, 3.8) is 0 Å². The van der Waals surface area contributed by atoms with Gasteiger partial charge in [-0.2, -0.15) is 0 Å². The molecule has 0 heterocycles. The van der Waals surface area contributed by atoms with Crippen molar-refractivity contribution in [2.24, 2.45) is 5.41 Å². The first-order valence-electron chi connectivity index (χ1n) is 5.92. The highest BCUT2D eigenvalue weighted by Crippen LogP contribution is 2.48. The zero-order valence-corrected chi connectivity index (χ0v) is 10.7. The van der Waals surface area contributed by atoms with Gasteiger partial charge in [-0.3, -0.25) is 4.79 Å². The van der Waals surface area contributed by atoms with Gasteiger partial charge in [0, 0.05) is 18.5 Å². The van der Waals surface area contributed by atoms with Gasteiger partial charge in [0.05, 0.1) is 5.56 Å². The zero-order valence-electron chi connectivity index (χ0n) is 9.95. The van der Waals surface area contributed by atoms with Gasteiger partial charge in [-0.25, -0.2) is 0 Å². The Morgan fingerprint density at radius 2 is 2.11 bits per heavy atom. The Balaban J connectivity index is 1.96. The first kappa shape index (κ1) is 13.0. The topological polar surface area (TPSA) is 69.6 Å². The number of aromatic hydroxyl groups is 2. The Kier molecular flexibility index (Phi) is 3.66. The summed E-state index contributed by atoms with van der Waals surface area (Å²) in [6.45, 7) is 0.582. The van der Waals surface area contributed by atoms with E-state index in [0.717, 1.165) is 25.3 Å². The molecular formula is C13H16ClNO3. The van der Waals surface area contributed by atoms with Crippen molar-refractivity contribution in [2.45, 2.75) is 19.3 Å². The fourth-order valence-electron chi connectivity index (χ4n) is 1.97. The molecule has 1 aromatic rings. The maximum atomic E-state index is 11.9. The predicted octanol–water partition coefficient (Wildman–Crippen LogP) is 2.24. The Bertz CT molecular complexity index is 458. The minimum atomic E-state index is -0.326. The summed E-state index contributed by atoms with van der Waals surface area (Å²) in [4.78, 5) is 11.9. The molecule has 3 N–H and O–H groups in total. The van der Waals surface area contributed by atoms with Gasteiger partial charge in [0.2, 0.25) is 0 Å². The summed E-state index contributed by atoms with van der Waals surface area (Å²) in [5.74, 6) is -0.00626. The number of carbonyl (C=O) groups excluding carboxylic acids is 1. The van der Waals surface area contributed by atoms with Crippen LogP contribution in [-0.4, -0.2) is 28.5 Å². The van der Waals surface area contributed by atoms with Crippen LogP contribution >= 0.6 is 11.6 Å². The second-order valence-corrected chi connectivity index (χ2v) is 5.20. The van der Waals surface area contributed by atoms with Gasteiger partial charge < -0.3 is 15.5 Å². The van der Waals surface area contributed by atoms with Crippen molar-refractivity contribution < 1.29 is 15.0 Å². The fraction of sp³-hybridized carbons (Fsp3) is 0.462. The summed E-state index contributed by atoms with van der Waals surface area (Å²) in [6, 6.07) is 3.93. The fourth-order valence-corrected chi connectivity index (χ4v) is 2.37. The van der Waals surface area contributed by atoms with E-state index in [2.05, 4.69) is 5.32 Å². The van der Waals surface area contributed by atoms with E-state index < -0.39 is 0 Å². The van der Waals surface area contributed by atoms with Crippen LogP contribution in [0.25, 0.3) is 0 Å². The lowest BCUT2D eigenvalue weighted by atomic mass is 10.0. The molecule has 1 aliphatic carbocycles. The number of rotatable bonds is 5. The summed E-state index contributed by atoms with van der Waals surface area (Å²) in [5, 5.41) is 21.5. The van der Waals surface area contributed by atoms with E-state index in [9.17, 15) is 9.90 Å². The molecule has 1 aliphatic rings. The van der Waals surface area contributed by atoms with E-state index >= 15 is 0 Å². The highest BCUT2D eigenvalue weighted by Gasteiger charge is 2.41. The smallest absolute Gasteiger partial charge is 0.255 e. The average Bonchev–Trinajstić information content (AvgIpc) is 3.07. The number of hydrogen-bond donors (Lipinski definition) is 3. The third-order valence-electron chi connectivity index (χ3n) is 3.43. The van der Waals surface area contributed by atoms with Gasteiger partial charge in [-0.05, 0) is 36.8 Å². The molecule has 0 aromatic heterocycles. The lowest BCUT2D eigenvalue weighted by Crippen LogP contribution is -2.30. The van der Waals surface area contributed by atoms with E-state index in [-0.39, 0.29) is 28.4 Å². The Morgan fingerprint density at radius 1 is 1.39 bits per heavy atom. The number of phenolic OH excluding ortho intramolecular Hbond substituents is 2. The van der Waals surface area contributed by atoms with Gasteiger partial charge in [-0.15, -0.1) is 11.6 Å². The molecule has 2 rings (SSSR count). The Labute approximate surface area is 111 Å². The number of alkyl halides is 1. The lowest BCUT2D eigenvalue weighted by molar-refractivity contribution is 0.0941. The highest BCUT2D eigenvalue weighted by atomic mass is 35.5. The number of hydrogen-bond acceptors (Lipinski definition) is 3. The van der Waals surface area contributed by atoms with Crippen molar-refractivity contribution in [2.75, 3.05) is 12.4 Å². The molecule has 0 atom stereocenters. The molecule has 1 amide bonds. The van der Waals surface area contributed by atoms with Crippen LogP contribution < -0.4 is 5.32 Å². The number of amides is 1. The molecule has 5 heteroatoms. The first-order chi connectivity index (χ1) is 8.56. The second-order valence-electron chi connectivity index (χ2n) is 4.82. The van der Waals surface area contributed by atoms with Crippen molar-refractivity contribution in [1.29, 1.82) is 0 Å². The molecule has 4 nitrogen and oxygen atoms in total. The molecule has 1 aromatic carbocycles. The molecule has 98 valence electrons. The summed E-state index contributed by atoms with van der Waals surface area (Å²) < 4.78 is 0. The number of nitrogens with one attached hydrogen (secondary N) is 1. The third kappa shape index (κ3) is 2.88. The minimum Gasteiger partial charge on any atom is -0.508 e. The van der Waals surface area contributed by atoms with E-state index in [1.54, 1.807) is 0 Å². The van der Waals surface area contributed by atoms with Gasteiger partial charge >= 0.3 is 0 Å². The lowest BCUT2D eigenvalue weighted by Gasteiger charge is -2.14. The summed E-state index contributed by atoms with van der Waals surface area (Å²) in [6.07, 6.45) is 3.07. The van der Waals surface area contributed by atoms with Crippen LogP contribution in [0, 0.1) is 5.41 Å². The second kappa shape index (κ2) is 5.06. The molecular weight excluding hydrogens is 254 g/mol. The van der Waals surface area contributed by atoms with Crippen molar-refractivity contribution in [1.82, 2.24) is 5.32 Å². The van der Waals surface area contributed by atoms with E-state index in [1.807, 2.05) is 0 Å². The van der Waals surface area contributed by atoms with Crippen LogP contribution in [0.2, 0.25) is 0 Å². The summed E-state index contributed by atoms with van der Waals surface area (Å²) in [7, 11) is 0. The average molecular weight is 270 g/mol. The van der Waals surface area contributed by atoms with E-state index in [1.165, 1.54) is 12.1 Å². The number of benzene rings is 1. The Morgan fingerprint density at radius 3 is 2.67 bits per heavy atom. The van der Waals surface area contributed by atoms with Gasteiger partial charge in [0.25, 0.3) is 5.91 Å². The van der Waals surface area contributed by atoms with Crippen LogP contribution in [0.15, 0.2) is 18.2 Å². The molecule has 0 aliphatic heterocycles. The molecule has 0 unspecified atom stereocenters. The zero-order chi connectivity index (χ0) is 13.2. The van der Waals surface area contributed by atoms with Crippen LogP contribution in [-0.2, 0) is 0 Å². The third-order valence-corrected chi connectivity index (χ3v) is 3.62. The first-order valence-corrected chi connectivity index (χ1v) is 6.46. The monoisotopic (exact) mass is 269 g/mol. The maximum absolute atomic E-state index is 11.9. The molecule has 0 spiro atoms. The molecule has 1 fully saturated rings. The largest absolute Gasteiger partial charge is 0.508 e. The van der Waals surface area contributed by atoms with Crippen LogP contribution in [0.4, 0.5) is 0 Å². The van der Waals surface area contributed by atoms with Gasteiger partial charge in [0.1, 0.15) is 11.5 Å². The van der Waals surface area contributed by atoms with Gasteiger partial charge in [0.15, 0.2) is 0 Å². The summed E-state index contributed by atoms with van der Waals surface area (Å²) in [5.41, 5.74) is 0.332. The number of carbonyl (C=O) groups is 1. The molecule has 1 saturated carbocycles. The SMILES string of the molecule is O=C(NCC1(CCCl)CC1)c1ccc(O)cc1O. The van der Waals surface area contributed by atoms with E-state index in [4.69, 9.17) is 16.7 Å². The Hall–Kier alpha value is -1.42. The highest BCUT2D eigenvalue weighted by molar-refractivity contribution is 6.17. The van der Waals surface area contributed by atoms with Crippen molar-refractivity contribution in [3.05, 3.63) is 23.8 Å².